The smallest absolute Gasteiger partial charge is 0.338 e. The maximum Gasteiger partial charge on any atom is 0.338 e. The summed E-state index contributed by atoms with van der Waals surface area (Å²) in [6.07, 6.45) is 6.13. The van der Waals surface area contributed by atoms with E-state index in [2.05, 4.69) is 34.2 Å². The van der Waals surface area contributed by atoms with E-state index in [0.29, 0.717) is 29.1 Å². The van der Waals surface area contributed by atoms with Crippen molar-refractivity contribution in [2.45, 2.75) is 46.1 Å². The third kappa shape index (κ3) is 5.06. The van der Waals surface area contributed by atoms with Crippen molar-refractivity contribution in [1.29, 1.82) is 5.26 Å². The summed E-state index contributed by atoms with van der Waals surface area (Å²) in [6, 6.07) is 19.4. The Morgan fingerprint density at radius 2 is 1.95 bits per heavy atom. The van der Waals surface area contributed by atoms with Gasteiger partial charge in [0.15, 0.2) is 0 Å². The van der Waals surface area contributed by atoms with Gasteiger partial charge in [-0.1, -0.05) is 24.3 Å². The lowest BCUT2D eigenvalue weighted by molar-refractivity contribution is -0.111. The van der Waals surface area contributed by atoms with Crippen LogP contribution in [0, 0.1) is 25.2 Å². The van der Waals surface area contributed by atoms with Crippen molar-refractivity contribution in [1.82, 2.24) is 9.55 Å². The Morgan fingerprint density at radius 3 is 2.69 bits per heavy atom. The Bertz CT molecular complexity index is 1640. The van der Waals surface area contributed by atoms with E-state index in [4.69, 9.17) is 9.72 Å². The number of nitrogens with zero attached hydrogens (tertiary/aromatic N) is 3. The third-order valence-corrected chi connectivity index (χ3v) is 7.14. The number of aryl methyl sites for hydroxylation is 3. The molecule has 0 fully saturated rings. The van der Waals surface area contributed by atoms with Crippen LogP contribution in [-0.4, -0.2) is 28.0 Å². The van der Waals surface area contributed by atoms with Crippen molar-refractivity contribution in [2.24, 2.45) is 0 Å². The number of carbonyl (C=O) groups excluding carboxylic acids is 2. The Kier molecular flexibility index (Phi) is 7.29. The van der Waals surface area contributed by atoms with Crippen molar-refractivity contribution >= 4 is 34.7 Å². The minimum Gasteiger partial charge on any atom is -0.462 e. The van der Waals surface area contributed by atoms with Crippen molar-refractivity contribution in [3.63, 3.8) is 0 Å². The summed E-state index contributed by atoms with van der Waals surface area (Å²) in [6.45, 7) is 6.00. The summed E-state index contributed by atoms with van der Waals surface area (Å²) in [5, 5.41) is 13.9. The number of nitriles is 1. The van der Waals surface area contributed by atoms with E-state index in [1.807, 2.05) is 26.0 Å². The molecule has 2 aromatic carbocycles. The van der Waals surface area contributed by atoms with Crippen molar-refractivity contribution in [3.8, 4) is 6.07 Å². The molecule has 0 aliphatic heterocycles. The van der Waals surface area contributed by atoms with E-state index in [0.717, 1.165) is 41.6 Å². The number of rotatable bonds is 6. The van der Waals surface area contributed by atoms with Crippen LogP contribution in [0.15, 0.2) is 60.7 Å². The zero-order chi connectivity index (χ0) is 27.5. The molecule has 7 nitrogen and oxygen atoms in total. The van der Waals surface area contributed by atoms with E-state index in [1.54, 1.807) is 37.3 Å². The van der Waals surface area contributed by atoms with Gasteiger partial charge in [-0.05, 0) is 93.1 Å². The van der Waals surface area contributed by atoms with Crippen molar-refractivity contribution < 1.29 is 14.3 Å². The number of hydrogen-bond donors (Lipinski definition) is 1. The first-order valence-electron chi connectivity index (χ1n) is 13.2. The van der Waals surface area contributed by atoms with Crippen LogP contribution in [0.25, 0.3) is 17.1 Å². The number of benzene rings is 2. The summed E-state index contributed by atoms with van der Waals surface area (Å²) in [5.41, 5.74) is 7.31. The van der Waals surface area contributed by atoms with Gasteiger partial charge in [0, 0.05) is 22.8 Å². The van der Waals surface area contributed by atoms with Crippen LogP contribution in [-0.2, 0) is 16.0 Å². The lowest BCUT2D eigenvalue weighted by Crippen LogP contribution is -2.19. The molecule has 0 unspecified atom stereocenters. The highest BCUT2D eigenvalue weighted by Gasteiger charge is 2.28. The second-order valence-corrected chi connectivity index (χ2v) is 9.75. The van der Waals surface area contributed by atoms with Crippen LogP contribution in [0.3, 0.4) is 0 Å². The normalized spacial score (nSPS) is 14.7. The number of aromatic nitrogens is 2. The molecule has 7 heteroatoms. The molecule has 1 aliphatic carbocycles. The second-order valence-electron chi connectivity index (χ2n) is 9.75. The molecule has 1 amide bonds. The maximum absolute atomic E-state index is 12.9. The van der Waals surface area contributed by atoms with Gasteiger partial charge in [-0.25, -0.2) is 9.78 Å². The maximum atomic E-state index is 12.9. The van der Waals surface area contributed by atoms with Gasteiger partial charge in [0.1, 0.15) is 11.7 Å². The zero-order valence-electron chi connectivity index (χ0n) is 22.3. The number of pyridine rings is 1. The van der Waals surface area contributed by atoms with Crippen LogP contribution in [0.2, 0.25) is 0 Å². The Balaban J connectivity index is 1.54. The molecule has 5 rings (SSSR count). The first-order valence-corrected chi connectivity index (χ1v) is 13.2. The monoisotopic (exact) mass is 518 g/mol. The van der Waals surface area contributed by atoms with Gasteiger partial charge >= 0.3 is 5.97 Å². The minimum atomic E-state index is -0.407. The summed E-state index contributed by atoms with van der Waals surface area (Å²) < 4.78 is 7.15. The largest absolute Gasteiger partial charge is 0.462 e. The molecule has 0 spiro atoms. The Labute approximate surface area is 227 Å². The second kappa shape index (κ2) is 11.0. The molecule has 1 aliphatic rings. The van der Waals surface area contributed by atoms with Crippen molar-refractivity contribution in [3.05, 3.63) is 99.9 Å². The lowest BCUT2D eigenvalue weighted by atomic mass is 9.87. The van der Waals surface area contributed by atoms with Gasteiger partial charge in [-0.15, -0.1) is 0 Å². The summed E-state index contributed by atoms with van der Waals surface area (Å²) in [7, 11) is 0. The predicted molar refractivity (Wildman–Crippen MR) is 152 cm³/mol. The van der Waals surface area contributed by atoms with Crippen molar-refractivity contribution in [2.75, 3.05) is 11.9 Å². The molecule has 1 N–H and O–H groups in total. The molecule has 0 bridgehead atoms. The first kappa shape index (κ1) is 25.9. The average molecular weight is 519 g/mol. The van der Waals surface area contributed by atoms with Gasteiger partial charge < -0.3 is 14.6 Å². The SMILES string of the molecule is CCOC(=O)c1ccc(NC(=O)C=Cc2c(C#N)c3c(C)cc(C)nc3n2[C@H]2CCCc3ccccc32)cc1. The number of carbonyl (C=O) groups is 2. The highest BCUT2D eigenvalue weighted by atomic mass is 16.5. The van der Waals surface area contributed by atoms with E-state index in [-0.39, 0.29) is 11.9 Å². The molecule has 0 saturated carbocycles. The first-order chi connectivity index (χ1) is 18.9. The van der Waals surface area contributed by atoms with Crippen LogP contribution < -0.4 is 5.32 Å². The average Bonchev–Trinajstić information content (AvgIpc) is 3.25. The summed E-state index contributed by atoms with van der Waals surface area (Å²) in [4.78, 5) is 29.7. The summed E-state index contributed by atoms with van der Waals surface area (Å²) >= 11 is 0. The molecule has 0 saturated heterocycles. The fraction of sp³-hybridized carbons (Fsp3) is 0.250. The van der Waals surface area contributed by atoms with Crippen LogP contribution in [0.1, 0.15) is 69.8 Å². The number of esters is 1. The fourth-order valence-electron chi connectivity index (χ4n) is 5.49. The fourth-order valence-corrected chi connectivity index (χ4v) is 5.49. The molecule has 196 valence electrons. The quantitative estimate of drug-likeness (QED) is 0.239. The number of fused-ring (bicyclic) bond motifs is 2. The number of anilines is 1. The van der Waals surface area contributed by atoms with E-state index >= 15 is 0 Å². The van der Waals surface area contributed by atoms with Gasteiger partial charge in [-0.2, -0.15) is 5.26 Å². The lowest BCUT2D eigenvalue weighted by Gasteiger charge is -2.28. The van der Waals surface area contributed by atoms with E-state index in [1.165, 1.54) is 17.2 Å². The predicted octanol–water partition coefficient (Wildman–Crippen LogP) is 6.28. The standard InChI is InChI=1S/C32H30N4O3/c1-4-39-32(38)23-12-14-24(15-13-23)35-29(37)17-16-28-26(19-33)30-20(2)18-21(3)34-31(30)36(28)27-11-7-9-22-8-5-6-10-25(22)27/h5-6,8,10,12-18,27H,4,7,9,11H2,1-3H3,(H,35,37)/t27-/m0/s1. The topological polar surface area (TPSA) is 97.0 Å². The van der Waals surface area contributed by atoms with Crippen LogP contribution in [0.5, 0.6) is 0 Å². The zero-order valence-corrected chi connectivity index (χ0v) is 22.3. The molecule has 0 radical (unpaired) electrons. The Morgan fingerprint density at radius 1 is 1.18 bits per heavy atom. The highest BCUT2D eigenvalue weighted by molar-refractivity contribution is 6.03. The molecule has 2 heterocycles. The van der Waals surface area contributed by atoms with Gasteiger partial charge in [0.2, 0.25) is 5.91 Å². The van der Waals surface area contributed by atoms with Gasteiger partial charge in [0.05, 0.1) is 29.5 Å². The van der Waals surface area contributed by atoms with Gasteiger partial charge in [0.25, 0.3) is 0 Å². The molecule has 2 aromatic heterocycles. The molecule has 4 aromatic rings. The van der Waals surface area contributed by atoms with Crippen LogP contribution >= 0.6 is 0 Å². The highest BCUT2D eigenvalue weighted by Crippen LogP contribution is 2.39. The minimum absolute atomic E-state index is 0.00591. The number of hydrogen-bond acceptors (Lipinski definition) is 5. The van der Waals surface area contributed by atoms with E-state index < -0.39 is 5.97 Å². The number of amides is 1. The third-order valence-electron chi connectivity index (χ3n) is 7.14. The molecular weight excluding hydrogens is 488 g/mol. The molecule has 39 heavy (non-hydrogen) atoms. The molecular formula is C32H30N4O3. The van der Waals surface area contributed by atoms with E-state index in [9.17, 15) is 14.9 Å². The number of ether oxygens (including phenoxy) is 1. The van der Waals surface area contributed by atoms with Crippen LogP contribution in [0.4, 0.5) is 5.69 Å². The summed E-state index contributed by atoms with van der Waals surface area (Å²) in [5.74, 6) is -0.750. The Hall–Kier alpha value is -4.70. The molecule has 1 atom stereocenters. The number of nitrogens with one attached hydrogen (secondary N) is 1. The van der Waals surface area contributed by atoms with Gasteiger partial charge in [-0.3, -0.25) is 4.79 Å².